The molecule has 0 radical (unpaired) electrons. The minimum Gasteiger partial charge on any atom is -0.354 e. The van der Waals surface area contributed by atoms with E-state index in [1.165, 1.54) is 0 Å². The smallest absolute Gasteiger partial charge is 0.242 e. The first-order valence-corrected chi connectivity index (χ1v) is 9.26. The normalized spacial score (nSPS) is 17.4. The van der Waals surface area contributed by atoms with Crippen LogP contribution in [-0.4, -0.2) is 48.0 Å². The number of hydrogen-bond donors (Lipinski definition) is 2. The molecule has 0 unspecified atom stereocenters. The summed E-state index contributed by atoms with van der Waals surface area (Å²) in [4.78, 5) is 30.1. The fourth-order valence-corrected chi connectivity index (χ4v) is 3.41. The molecule has 0 spiro atoms. The molecule has 1 saturated heterocycles. The highest BCUT2D eigenvalue weighted by molar-refractivity contribution is 5.93. The molecule has 1 fully saturated rings. The Bertz CT molecular complexity index is 1160. The Labute approximate surface area is 160 Å². The number of hydrogen-bond acceptors (Lipinski definition) is 7. The number of para-hydroxylation sites is 1. The summed E-state index contributed by atoms with van der Waals surface area (Å²) in [5, 5.41) is 11.7. The third-order valence-corrected chi connectivity index (χ3v) is 4.81. The van der Waals surface area contributed by atoms with E-state index in [0.717, 1.165) is 30.2 Å². The molecule has 1 amide bonds. The van der Waals surface area contributed by atoms with Crippen LogP contribution in [0.5, 0.6) is 0 Å². The van der Waals surface area contributed by atoms with Crippen molar-refractivity contribution >= 4 is 28.4 Å². The minimum absolute atomic E-state index is 0.0186. The number of aromatic nitrogens is 6. The lowest BCUT2D eigenvalue weighted by Gasteiger charge is -2.16. The maximum Gasteiger partial charge on any atom is 0.242 e. The van der Waals surface area contributed by atoms with E-state index >= 15 is 0 Å². The van der Waals surface area contributed by atoms with Gasteiger partial charge in [0.25, 0.3) is 0 Å². The largest absolute Gasteiger partial charge is 0.354 e. The molecule has 9 heteroatoms. The SMILES string of the molecule is O=C1NCCCC[C@H]1Nc1nc2ccccc2c2nc(-c3cnccn3)nn12. The number of anilines is 1. The zero-order chi connectivity index (χ0) is 18.9. The van der Waals surface area contributed by atoms with Gasteiger partial charge in [0.1, 0.15) is 11.7 Å². The zero-order valence-corrected chi connectivity index (χ0v) is 15.0. The van der Waals surface area contributed by atoms with E-state index in [-0.39, 0.29) is 11.9 Å². The molecular weight excluding hydrogens is 356 g/mol. The summed E-state index contributed by atoms with van der Waals surface area (Å²) in [6, 6.07) is 7.38. The predicted octanol–water partition coefficient (Wildman–Crippen LogP) is 1.82. The van der Waals surface area contributed by atoms with Gasteiger partial charge in [-0.15, -0.1) is 5.10 Å². The maximum atomic E-state index is 12.4. The van der Waals surface area contributed by atoms with Gasteiger partial charge >= 0.3 is 0 Å². The van der Waals surface area contributed by atoms with Crippen LogP contribution in [0.2, 0.25) is 0 Å². The van der Waals surface area contributed by atoms with Gasteiger partial charge in [-0.3, -0.25) is 9.78 Å². The molecule has 2 N–H and O–H groups in total. The second-order valence-electron chi connectivity index (χ2n) is 6.70. The first-order chi connectivity index (χ1) is 13.8. The molecule has 5 rings (SSSR count). The van der Waals surface area contributed by atoms with Crippen LogP contribution in [-0.2, 0) is 4.79 Å². The fourth-order valence-electron chi connectivity index (χ4n) is 3.41. The van der Waals surface area contributed by atoms with Crippen LogP contribution in [0, 0.1) is 0 Å². The average Bonchev–Trinajstić information content (AvgIpc) is 3.09. The molecule has 1 aliphatic heterocycles. The summed E-state index contributed by atoms with van der Waals surface area (Å²) in [6.45, 7) is 0.706. The highest BCUT2D eigenvalue weighted by Gasteiger charge is 2.23. The molecule has 0 bridgehead atoms. The van der Waals surface area contributed by atoms with Crippen LogP contribution in [0.3, 0.4) is 0 Å². The van der Waals surface area contributed by atoms with Gasteiger partial charge < -0.3 is 10.6 Å². The Morgan fingerprint density at radius 1 is 1.14 bits per heavy atom. The molecule has 4 aromatic rings. The molecule has 3 aromatic heterocycles. The van der Waals surface area contributed by atoms with Gasteiger partial charge in [0.05, 0.1) is 11.7 Å². The van der Waals surface area contributed by atoms with E-state index < -0.39 is 0 Å². The van der Waals surface area contributed by atoms with Crippen molar-refractivity contribution in [2.45, 2.75) is 25.3 Å². The van der Waals surface area contributed by atoms with Gasteiger partial charge in [-0.2, -0.15) is 4.52 Å². The van der Waals surface area contributed by atoms with Gasteiger partial charge in [-0.1, -0.05) is 12.1 Å². The maximum absolute atomic E-state index is 12.4. The molecule has 4 heterocycles. The Hall–Kier alpha value is -3.62. The first kappa shape index (κ1) is 16.5. The zero-order valence-electron chi connectivity index (χ0n) is 15.0. The number of amides is 1. The highest BCUT2D eigenvalue weighted by Crippen LogP contribution is 2.24. The number of fused-ring (bicyclic) bond motifs is 3. The van der Waals surface area contributed by atoms with Crippen LogP contribution in [0.25, 0.3) is 28.1 Å². The van der Waals surface area contributed by atoms with Gasteiger partial charge in [-0.25, -0.2) is 15.0 Å². The topological polar surface area (TPSA) is 110 Å². The molecule has 140 valence electrons. The molecule has 0 aliphatic carbocycles. The summed E-state index contributed by atoms with van der Waals surface area (Å²) < 4.78 is 1.64. The third kappa shape index (κ3) is 2.90. The third-order valence-electron chi connectivity index (χ3n) is 4.81. The number of carbonyl (C=O) groups is 1. The Morgan fingerprint density at radius 3 is 2.96 bits per heavy atom. The first-order valence-electron chi connectivity index (χ1n) is 9.26. The second-order valence-corrected chi connectivity index (χ2v) is 6.70. The van der Waals surface area contributed by atoms with Crippen molar-refractivity contribution in [1.29, 1.82) is 0 Å². The van der Waals surface area contributed by atoms with Crippen molar-refractivity contribution < 1.29 is 4.79 Å². The van der Waals surface area contributed by atoms with E-state index in [1.807, 2.05) is 24.3 Å². The van der Waals surface area contributed by atoms with Gasteiger partial charge in [0, 0.05) is 24.3 Å². The average molecular weight is 374 g/mol. The number of benzene rings is 1. The Balaban J connectivity index is 1.66. The van der Waals surface area contributed by atoms with Gasteiger partial charge in [-0.05, 0) is 31.4 Å². The summed E-state index contributed by atoms with van der Waals surface area (Å²) in [7, 11) is 0. The number of rotatable bonds is 3. The van der Waals surface area contributed by atoms with Crippen LogP contribution < -0.4 is 10.6 Å². The Kier molecular flexibility index (Phi) is 4.04. The lowest BCUT2D eigenvalue weighted by atomic mass is 10.1. The summed E-state index contributed by atoms with van der Waals surface area (Å²) in [5.74, 6) is 0.924. The lowest BCUT2D eigenvalue weighted by Crippen LogP contribution is -2.38. The quantitative estimate of drug-likeness (QED) is 0.563. The van der Waals surface area contributed by atoms with E-state index in [2.05, 4.69) is 30.7 Å². The van der Waals surface area contributed by atoms with Crippen LogP contribution in [0.15, 0.2) is 42.9 Å². The van der Waals surface area contributed by atoms with E-state index in [1.54, 1.807) is 23.1 Å². The van der Waals surface area contributed by atoms with Gasteiger partial charge in [0.2, 0.25) is 17.7 Å². The molecule has 1 atom stereocenters. The molecule has 1 aromatic carbocycles. The minimum atomic E-state index is -0.358. The van der Waals surface area contributed by atoms with Gasteiger partial charge in [0.15, 0.2) is 5.65 Å². The number of nitrogens with one attached hydrogen (secondary N) is 2. The molecular formula is C19H18N8O. The van der Waals surface area contributed by atoms with Crippen LogP contribution in [0.1, 0.15) is 19.3 Å². The molecule has 28 heavy (non-hydrogen) atoms. The van der Waals surface area contributed by atoms with Crippen molar-refractivity contribution in [3.8, 4) is 11.5 Å². The standard InChI is InChI=1S/C19H18N8O/c28-18-14(7-3-4-8-22-18)24-19-23-13-6-2-1-5-12(13)17-25-16(26-27(17)19)15-11-20-9-10-21-15/h1-2,5-6,9-11,14H,3-4,7-8H2,(H,22,28)(H,23,24)/t14-/m1/s1. The molecule has 0 saturated carbocycles. The van der Waals surface area contributed by atoms with Crippen molar-refractivity contribution in [2.75, 3.05) is 11.9 Å². The predicted molar refractivity (Wildman–Crippen MR) is 104 cm³/mol. The summed E-state index contributed by atoms with van der Waals surface area (Å²) in [5.41, 5.74) is 2.01. The lowest BCUT2D eigenvalue weighted by molar-refractivity contribution is -0.121. The van der Waals surface area contributed by atoms with Crippen LogP contribution >= 0.6 is 0 Å². The highest BCUT2D eigenvalue weighted by atomic mass is 16.2. The monoisotopic (exact) mass is 374 g/mol. The van der Waals surface area contributed by atoms with Crippen LogP contribution in [0.4, 0.5) is 5.95 Å². The Morgan fingerprint density at radius 2 is 2.07 bits per heavy atom. The molecule has 9 nitrogen and oxygen atoms in total. The number of nitrogens with zero attached hydrogens (tertiary/aromatic N) is 6. The number of carbonyl (C=O) groups excluding carboxylic acids is 1. The molecule has 1 aliphatic rings. The van der Waals surface area contributed by atoms with E-state index in [0.29, 0.717) is 29.7 Å². The summed E-state index contributed by atoms with van der Waals surface area (Å²) in [6.07, 6.45) is 7.52. The summed E-state index contributed by atoms with van der Waals surface area (Å²) >= 11 is 0. The van der Waals surface area contributed by atoms with Crippen molar-refractivity contribution in [3.05, 3.63) is 42.9 Å². The van der Waals surface area contributed by atoms with E-state index in [4.69, 9.17) is 4.98 Å². The second kappa shape index (κ2) is 6.84. The van der Waals surface area contributed by atoms with Crippen molar-refractivity contribution in [3.63, 3.8) is 0 Å². The fraction of sp³-hybridized carbons (Fsp3) is 0.263. The van der Waals surface area contributed by atoms with Crippen molar-refractivity contribution in [2.24, 2.45) is 0 Å². The van der Waals surface area contributed by atoms with E-state index in [9.17, 15) is 4.79 Å². The van der Waals surface area contributed by atoms with Crippen molar-refractivity contribution in [1.82, 2.24) is 34.9 Å².